The summed E-state index contributed by atoms with van der Waals surface area (Å²) in [6.45, 7) is 1.81. The highest BCUT2D eigenvalue weighted by atomic mass is 35.5. The van der Waals surface area contributed by atoms with Gasteiger partial charge >= 0.3 is 5.97 Å². The maximum atomic E-state index is 12.6. The Kier molecular flexibility index (Phi) is 3.58. The van der Waals surface area contributed by atoms with E-state index < -0.39 is 29.7 Å². The summed E-state index contributed by atoms with van der Waals surface area (Å²) >= 11 is 5.90. The van der Waals surface area contributed by atoms with E-state index in [4.69, 9.17) is 16.3 Å². The normalized spacial score (nSPS) is 23.2. The molecule has 8 heteroatoms. The number of amides is 2. The van der Waals surface area contributed by atoms with Crippen LogP contribution >= 0.6 is 11.6 Å². The monoisotopic (exact) mass is 321 g/mol. The first-order valence-electron chi connectivity index (χ1n) is 6.68. The molecule has 1 fully saturated rings. The van der Waals surface area contributed by atoms with Crippen LogP contribution in [0.4, 0.5) is 5.69 Å². The Hall–Kier alpha value is -2.41. The van der Waals surface area contributed by atoms with Crippen LogP contribution < -0.4 is 10.3 Å². The molecule has 22 heavy (non-hydrogen) atoms. The van der Waals surface area contributed by atoms with Crippen molar-refractivity contribution in [1.82, 2.24) is 5.43 Å². The fourth-order valence-electron chi connectivity index (χ4n) is 2.53. The minimum atomic E-state index is -0.967. The lowest BCUT2D eigenvalue weighted by molar-refractivity contribution is -0.136. The fourth-order valence-corrected chi connectivity index (χ4v) is 2.72. The van der Waals surface area contributed by atoms with Gasteiger partial charge in [-0.3, -0.25) is 15.0 Å². The number of nitrogens with one attached hydrogen (secondary N) is 1. The molecule has 0 aliphatic carbocycles. The van der Waals surface area contributed by atoms with E-state index in [1.54, 1.807) is 25.1 Å². The average Bonchev–Trinajstić information content (AvgIpc) is 3.01. The van der Waals surface area contributed by atoms with Crippen LogP contribution in [0.15, 0.2) is 29.4 Å². The molecule has 1 saturated heterocycles. The van der Waals surface area contributed by atoms with E-state index in [1.807, 2.05) is 0 Å². The molecular formula is C14H12ClN3O4. The summed E-state index contributed by atoms with van der Waals surface area (Å²) in [6.07, 6.45) is 0. The van der Waals surface area contributed by atoms with Crippen molar-refractivity contribution in [3.05, 3.63) is 29.3 Å². The summed E-state index contributed by atoms with van der Waals surface area (Å²) in [7, 11) is 0. The molecule has 114 valence electrons. The zero-order valence-corrected chi connectivity index (χ0v) is 12.3. The highest BCUT2D eigenvalue weighted by Gasteiger charge is 2.55. The number of ether oxygens (including phenoxy) is 1. The molecule has 0 unspecified atom stereocenters. The number of carbonyl (C=O) groups is 3. The number of anilines is 1. The lowest BCUT2D eigenvalue weighted by Crippen LogP contribution is -2.36. The van der Waals surface area contributed by atoms with E-state index in [0.29, 0.717) is 10.7 Å². The number of hydrogen-bond donors (Lipinski definition) is 1. The van der Waals surface area contributed by atoms with Crippen LogP contribution in [-0.4, -0.2) is 36.1 Å². The molecule has 0 spiro atoms. The van der Waals surface area contributed by atoms with Crippen molar-refractivity contribution in [1.29, 1.82) is 0 Å². The Labute approximate surface area is 130 Å². The highest BCUT2D eigenvalue weighted by Crippen LogP contribution is 2.31. The lowest BCUT2D eigenvalue weighted by atomic mass is 9.99. The number of carbonyl (C=O) groups excluding carboxylic acids is 3. The molecule has 2 amide bonds. The molecule has 1 aromatic carbocycles. The number of esters is 1. The summed E-state index contributed by atoms with van der Waals surface area (Å²) in [4.78, 5) is 37.8. The third kappa shape index (κ3) is 2.14. The topological polar surface area (TPSA) is 88.1 Å². The summed E-state index contributed by atoms with van der Waals surface area (Å²) in [5.74, 6) is -2.66. The first-order valence-corrected chi connectivity index (χ1v) is 7.06. The van der Waals surface area contributed by atoms with Gasteiger partial charge in [0.1, 0.15) is 12.0 Å². The lowest BCUT2D eigenvalue weighted by Gasteiger charge is -2.15. The minimum Gasteiger partial charge on any atom is -0.461 e. The fraction of sp³-hybridized carbons (Fsp3) is 0.286. The molecule has 0 bridgehead atoms. The largest absolute Gasteiger partial charge is 0.461 e. The second kappa shape index (κ2) is 5.42. The number of rotatable bonds is 3. The smallest absolute Gasteiger partial charge is 0.355 e. The van der Waals surface area contributed by atoms with Crippen LogP contribution in [0.3, 0.4) is 0 Å². The van der Waals surface area contributed by atoms with Gasteiger partial charge in [0.05, 0.1) is 12.3 Å². The van der Waals surface area contributed by atoms with Crippen molar-refractivity contribution in [2.45, 2.75) is 13.0 Å². The van der Waals surface area contributed by atoms with Gasteiger partial charge in [-0.2, -0.15) is 5.10 Å². The van der Waals surface area contributed by atoms with Gasteiger partial charge < -0.3 is 4.74 Å². The molecule has 0 aromatic heterocycles. The Morgan fingerprint density at radius 2 is 2.18 bits per heavy atom. The third-order valence-corrected chi connectivity index (χ3v) is 3.71. The zero-order chi connectivity index (χ0) is 15.9. The number of hydrogen-bond acceptors (Lipinski definition) is 6. The molecule has 2 heterocycles. The molecule has 1 aromatic rings. The summed E-state index contributed by atoms with van der Waals surface area (Å²) < 4.78 is 4.86. The van der Waals surface area contributed by atoms with E-state index in [-0.39, 0.29) is 12.3 Å². The number of imide groups is 1. The van der Waals surface area contributed by atoms with Gasteiger partial charge in [-0.05, 0) is 25.1 Å². The van der Waals surface area contributed by atoms with Crippen LogP contribution in [0, 0.1) is 5.92 Å². The van der Waals surface area contributed by atoms with Gasteiger partial charge in [-0.15, -0.1) is 0 Å². The first kappa shape index (κ1) is 14.5. The van der Waals surface area contributed by atoms with Crippen LogP contribution in [0.5, 0.6) is 0 Å². The van der Waals surface area contributed by atoms with Crippen molar-refractivity contribution in [3.8, 4) is 0 Å². The van der Waals surface area contributed by atoms with E-state index in [9.17, 15) is 14.4 Å². The van der Waals surface area contributed by atoms with Gasteiger partial charge in [0, 0.05) is 5.02 Å². The quantitative estimate of drug-likeness (QED) is 0.654. The Morgan fingerprint density at radius 1 is 1.41 bits per heavy atom. The maximum Gasteiger partial charge on any atom is 0.355 e. The highest BCUT2D eigenvalue weighted by molar-refractivity contribution is 6.46. The Balaban J connectivity index is 1.93. The Morgan fingerprint density at radius 3 is 2.86 bits per heavy atom. The van der Waals surface area contributed by atoms with E-state index in [1.165, 1.54) is 6.07 Å². The standard InChI is InChI=1S/C14H12ClN3O4/c1-2-22-14(21)11-9-10(16-17-11)13(20)18(12(9)19)8-5-3-4-7(15)6-8/h3-6,9-10,16H,2H2,1H3/t9-,10+/m0/s1. The first-order chi connectivity index (χ1) is 10.5. The molecule has 0 radical (unpaired) electrons. The van der Waals surface area contributed by atoms with Gasteiger partial charge in [0.25, 0.3) is 5.91 Å². The average molecular weight is 322 g/mol. The molecule has 2 aliphatic heterocycles. The van der Waals surface area contributed by atoms with Crippen LogP contribution in [0.2, 0.25) is 5.02 Å². The number of halogens is 1. The number of fused-ring (bicyclic) bond motifs is 1. The van der Waals surface area contributed by atoms with Crippen molar-refractivity contribution in [2.24, 2.45) is 11.0 Å². The third-order valence-electron chi connectivity index (χ3n) is 3.48. The van der Waals surface area contributed by atoms with Gasteiger partial charge in [-0.1, -0.05) is 17.7 Å². The Bertz CT molecular complexity index is 703. The molecule has 2 aliphatic rings. The molecule has 7 nitrogen and oxygen atoms in total. The van der Waals surface area contributed by atoms with Crippen molar-refractivity contribution >= 4 is 40.8 Å². The number of hydrazone groups is 1. The second-order valence-electron chi connectivity index (χ2n) is 4.79. The van der Waals surface area contributed by atoms with Crippen LogP contribution in [0.25, 0.3) is 0 Å². The minimum absolute atomic E-state index is 0.0743. The van der Waals surface area contributed by atoms with Crippen molar-refractivity contribution in [2.75, 3.05) is 11.5 Å². The maximum absolute atomic E-state index is 12.6. The van der Waals surface area contributed by atoms with E-state index >= 15 is 0 Å². The zero-order valence-electron chi connectivity index (χ0n) is 11.6. The number of nitrogens with zero attached hydrogens (tertiary/aromatic N) is 2. The van der Waals surface area contributed by atoms with E-state index in [0.717, 1.165) is 4.90 Å². The molecule has 2 atom stereocenters. The van der Waals surface area contributed by atoms with Crippen LogP contribution in [-0.2, 0) is 19.1 Å². The molecule has 0 saturated carbocycles. The van der Waals surface area contributed by atoms with Crippen molar-refractivity contribution < 1.29 is 19.1 Å². The van der Waals surface area contributed by atoms with Gasteiger partial charge in [-0.25, -0.2) is 9.69 Å². The molecule has 3 rings (SSSR count). The van der Waals surface area contributed by atoms with Gasteiger partial charge in [0.2, 0.25) is 5.91 Å². The predicted molar refractivity (Wildman–Crippen MR) is 78.4 cm³/mol. The van der Waals surface area contributed by atoms with Crippen LogP contribution in [0.1, 0.15) is 6.92 Å². The van der Waals surface area contributed by atoms with Gasteiger partial charge in [0.15, 0.2) is 5.71 Å². The summed E-state index contributed by atoms with van der Waals surface area (Å²) in [5, 5.41) is 4.19. The predicted octanol–water partition coefficient (Wildman–Crippen LogP) is 0.720. The SMILES string of the molecule is CCOC(=O)C1=NN[C@H]2C(=O)N(c3cccc(Cl)c3)C(=O)[C@H]12. The number of benzene rings is 1. The second-order valence-corrected chi connectivity index (χ2v) is 5.23. The van der Waals surface area contributed by atoms with E-state index in [2.05, 4.69) is 10.5 Å². The molecule has 1 N–H and O–H groups in total. The molecular weight excluding hydrogens is 310 g/mol. The summed E-state index contributed by atoms with van der Waals surface area (Å²) in [6, 6.07) is 5.51. The van der Waals surface area contributed by atoms with Crippen molar-refractivity contribution in [3.63, 3.8) is 0 Å². The summed E-state index contributed by atoms with van der Waals surface area (Å²) in [5.41, 5.74) is 2.83.